The van der Waals surface area contributed by atoms with Gasteiger partial charge in [0.1, 0.15) is 25.4 Å². The van der Waals surface area contributed by atoms with Crippen LogP contribution in [0.1, 0.15) is 13.8 Å². The standard InChI is InChI=1S/C13H18O7/c1-5-11(14)17-7-9(3)19-13(16)20-10(4)8-18-12(15)6-2/h5-6,9-10H,1-2,7-8H2,3-4H3. The highest BCUT2D eigenvalue weighted by Crippen LogP contribution is 2.00. The molecule has 0 aromatic heterocycles. The number of hydrogen-bond donors (Lipinski definition) is 0. The summed E-state index contributed by atoms with van der Waals surface area (Å²) < 4.78 is 19.0. The number of rotatable bonds is 8. The van der Waals surface area contributed by atoms with Gasteiger partial charge in [-0.15, -0.1) is 0 Å². The lowest BCUT2D eigenvalue weighted by Gasteiger charge is -2.16. The van der Waals surface area contributed by atoms with Crippen LogP contribution in [-0.4, -0.2) is 43.5 Å². The van der Waals surface area contributed by atoms with Crippen molar-refractivity contribution in [3.05, 3.63) is 25.3 Å². The Morgan fingerprint density at radius 3 is 1.55 bits per heavy atom. The molecule has 0 aliphatic heterocycles. The molecule has 0 aromatic rings. The summed E-state index contributed by atoms with van der Waals surface area (Å²) in [5.41, 5.74) is 0. The van der Waals surface area contributed by atoms with Gasteiger partial charge in [0.05, 0.1) is 0 Å². The van der Waals surface area contributed by atoms with E-state index in [0.29, 0.717) is 0 Å². The largest absolute Gasteiger partial charge is 0.509 e. The minimum Gasteiger partial charge on any atom is -0.459 e. The number of hydrogen-bond acceptors (Lipinski definition) is 7. The summed E-state index contributed by atoms with van der Waals surface area (Å²) in [4.78, 5) is 32.9. The molecule has 0 rings (SSSR count). The lowest BCUT2D eigenvalue weighted by molar-refractivity contribution is -0.142. The molecular formula is C13H18O7. The topological polar surface area (TPSA) is 88.1 Å². The molecule has 0 aliphatic rings. The van der Waals surface area contributed by atoms with E-state index in [-0.39, 0.29) is 13.2 Å². The summed E-state index contributed by atoms with van der Waals surface area (Å²) in [6.45, 7) is 9.28. The zero-order valence-corrected chi connectivity index (χ0v) is 11.5. The lowest BCUT2D eigenvalue weighted by atomic mass is 10.4. The van der Waals surface area contributed by atoms with Gasteiger partial charge in [0.15, 0.2) is 0 Å². The molecule has 7 nitrogen and oxygen atoms in total. The second kappa shape index (κ2) is 9.60. The van der Waals surface area contributed by atoms with Gasteiger partial charge in [0, 0.05) is 12.2 Å². The second-order valence-electron chi connectivity index (χ2n) is 3.78. The van der Waals surface area contributed by atoms with Gasteiger partial charge >= 0.3 is 18.1 Å². The fourth-order valence-corrected chi connectivity index (χ4v) is 0.941. The smallest absolute Gasteiger partial charge is 0.459 e. The summed E-state index contributed by atoms with van der Waals surface area (Å²) in [6, 6.07) is 0. The first-order valence-electron chi connectivity index (χ1n) is 5.84. The number of esters is 2. The Labute approximate surface area is 117 Å². The molecule has 112 valence electrons. The van der Waals surface area contributed by atoms with Crippen molar-refractivity contribution in [2.24, 2.45) is 0 Å². The second-order valence-corrected chi connectivity index (χ2v) is 3.78. The highest BCUT2D eigenvalue weighted by Gasteiger charge is 2.16. The van der Waals surface area contributed by atoms with Crippen LogP contribution >= 0.6 is 0 Å². The van der Waals surface area contributed by atoms with E-state index in [1.807, 2.05) is 0 Å². The van der Waals surface area contributed by atoms with Gasteiger partial charge in [0.25, 0.3) is 0 Å². The van der Waals surface area contributed by atoms with Crippen LogP contribution in [0.4, 0.5) is 4.79 Å². The first-order chi connectivity index (χ1) is 9.38. The molecule has 0 bridgehead atoms. The highest BCUT2D eigenvalue weighted by molar-refractivity contribution is 5.81. The molecule has 2 atom stereocenters. The summed E-state index contributed by atoms with van der Waals surface area (Å²) in [5, 5.41) is 0. The molecule has 0 amide bonds. The van der Waals surface area contributed by atoms with Gasteiger partial charge in [-0.1, -0.05) is 13.2 Å². The van der Waals surface area contributed by atoms with E-state index in [9.17, 15) is 14.4 Å². The SMILES string of the molecule is C=CC(=O)OCC(C)OC(=O)OC(C)COC(=O)C=C. The quantitative estimate of drug-likeness (QED) is 0.378. The van der Waals surface area contributed by atoms with Crippen LogP contribution in [0.3, 0.4) is 0 Å². The van der Waals surface area contributed by atoms with Crippen molar-refractivity contribution in [3.63, 3.8) is 0 Å². The van der Waals surface area contributed by atoms with Crippen molar-refractivity contribution < 1.29 is 33.3 Å². The molecule has 0 N–H and O–H groups in total. The number of ether oxygens (including phenoxy) is 4. The fraction of sp³-hybridized carbons (Fsp3) is 0.462. The van der Waals surface area contributed by atoms with Crippen LogP contribution in [0, 0.1) is 0 Å². The maximum atomic E-state index is 11.3. The van der Waals surface area contributed by atoms with E-state index >= 15 is 0 Å². The fourth-order valence-electron chi connectivity index (χ4n) is 0.941. The van der Waals surface area contributed by atoms with Crippen LogP contribution in [-0.2, 0) is 28.5 Å². The van der Waals surface area contributed by atoms with Gasteiger partial charge in [0.2, 0.25) is 0 Å². The van der Waals surface area contributed by atoms with Gasteiger partial charge in [-0.3, -0.25) is 0 Å². The summed E-state index contributed by atoms with van der Waals surface area (Å²) >= 11 is 0. The predicted molar refractivity (Wildman–Crippen MR) is 68.8 cm³/mol. The highest BCUT2D eigenvalue weighted by atomic mass is 16.7. The average molecular weight is 286 g/mol. The Morgan fingerprint density at radius 2 is 1.25 bits per heavy atom. The van der Waals surface area contributed by atoms with Crippen molar-refractivity contribution in [2.45, 2.75) is 26.1 Å². The molecule has 0 saturated heterocycles. The zero-order chi connectivity index (χ0) is 15.5. The molecule has 2 unspecified atom stereocenters. The molecule has 0 saturated carbocycles. The van der Waals surface area contributed by atoms with Crippen molar-refractivity contribution >= 4 is 18.1 Å². The first-order valence-corrected chi connectivity index (χ1v) is 5.84. The van der Waals surface area contributed by atoms with Crippen molar-refractivity contribution in [1.29, 1.82) is 0 Å². The summed E-state index contributed by atoms with van der Waals surface area (Å²) in [6.07, 6.45) is -0.291. The van der Waals surface area contributed by atoms with Gasteiger partial charge < -0.3 is 18.9 Å². The van der Waals surface area contributed by atoms with Gasteiger partial charge in [-0.05, 0) is 13.8 Å². The maximum Gasteiger partial charge on any atom is 0.509 e. The zero-order valence-electron chi connectivity index (χ0n) is 11.5. The number of carbonyl (C=O) groups is 3. The molecule has 20 heavy (non-hydrogen) atoms. The van der Waals surface area contributed by atoms with Gasteiger partial charge in [-0.2, -0.15) is 0 Å². The minimum absolute atomic E-state index is 0.111. The average Bonchev–Trinajstić information content (AvgIpc) is 2.41. The molecule has 0 aliphatic carbocycles. The summed E-state index contributed by atoms with van der Waals surface area (Å²) in [7, 11) is 0. The molecule has 0 spiro atoms. The van der Waals surface area contributed by atoms with Gasteiger partial charge in [-0.25, -0.2) is 14.4 Å². The predicted octanol–water partition coefficient (Wildman–Crippen LogP) is 1.37. The maximum absolute atomic E-state index is 11.3. The van der Waals surface area contributed by atoms with E-state index in [2.05, 4.69) is 22.6 Å². The molecule has 0 heterocycles. The Balaban J connectivity index is 3.90. The third-order valence-corrected chi connectivity index (χ3v) is 1.85. The normalized spacial score (nSPS) is 12.5. The lowest BCUT2D eigenvalue weighted by Crippen LogP contribution is -2.27. The van der Waals surface area contributed by atoms with Crippen molar-refractivity contribution in [3.8, 4) is 0 Å². The van der Waals surface area contributed by atoms with Crippen LogP contribution in [0.25, 0.3) is 0 Å². The van der Waals surface area contributed by atoms with E-state index in [4.69, 9.17) is 9.47 Å². The third-order valence-electron chi connectivity index (χ3n) is 1.85. The Bertz CT molecular complexity index is 341. The molecule has 0 fully saturated rings. The minimum atomic E-state index is -0.950. The van der Waals surface area contributed by atoms with E-state index in [0.717, 1.165) is 12.2 Å². The molecule has 0 aromatic carbocycles. The van der Waals surface area contributed by atoms with E-state index < -0.39 is 30.3 Å². The van der Waals surface area contributed by atoms with Crippen LogP contribution in [0.15, 0.2) is 25.3 Å². The monoisotopic (exact) mass is 286 g/mol. The summed E-state index contributed by atoms with van der Waals surface area (Å²) in [5.74, 6) is -1.22. The molecule has 7 heteroatoms. The number of carbonyl (C=O) groups excluding carboxylic acids is 3. The Morgan fingerprint density at radius 1 is 0.900 bits per heavy atom. The third kappa shape index (κ3) is 8.73. The first kappa shape index (κ1) is 17.7. The molecule has 0 radical (unpaired) electrons. The van der Waals surface area contributed by atoms with Crippen molar-refractivity contribution in [2.75, 3.05) is 13.2 Å². The van der Waals surface area contributed by atoms with E-state index in [1.165, 1.54) is 13.8 Å². The van der Waals surface area contributed by atoms with Crippen molar-refractivity contribution in [1.82, 2.24) is 0 Å². The van der Waals surface area contributed by atoms with Crippen LogP contribution in [0.5, 0.6) is 0 Å². The van der Waals surface area contributed by atoms with E-state index in [1.54, 1.807) is 0 Å². The molecular weight excluding hydrogens is 268 g/mol. The van der Waals surface area contributed by atoms with Crippen LogP contribution < -0.4 is 0 Å². The Kier molecular flexibility index (Phi) is 8.49. The Hall–Kier alpha value is -2.31. The van der Waals surface area contributed by atoms with Crippen LogP contribution in [0.2, 0.25) is 0 Å².